The standard InChI is InChI=1S/C24H18N2O2S/c27-24(26-15-16-7-5-13-25-23(16)21-12-6-14-29-21)22-17-8-1-3-10-19(17)28-20-11-4-2-9-18(20)22/h1-14,22H,15H2,(H,26,27). The first kappa shape index (κ1) is 17.6. The average Bonchev–Trinajstić information content (AvgIpc) is 3.31. The molecular formula is C24H18N2O2S. The summed E-state index contributed by atoms with van der Waals surface area (Å²) in [5.41, 5.74) is 3.68. The molecule has 0 bridgehead atoms. The lowest BCUT2D eigenvalue weighted by molar-refractivity contribution is -0.122. The number of para-hydroxylation sites is 2. The first-order valence-corrected chi connectivity index (χ1v) is 10.3. The molecule has 1 aliphatic heterocycles. The van der Waals surface area contributed by atoms with E-state index in [-0.39, 0.29) is 5.91 Å². The summed E-state index contributed by atoms with van der Waals surface area (Å²) < 4.78 is 6.00. The molecule has 0 unspecified atom stereocenters. The van der Waals surface area contributed by atoms with E-state index in [4.69, 9.17) is 4.74 Å². The van der Waals surface area contributed by atoms with E-state index < -0.39 is 5.92 Å². The number of nitrogens with zero attached hydrogens (tertiary/aromatic N) is 1. The zero-order valence-electron chi connectivity index (χ0n) is 15.5. The van der Waals surface area contributed by atoms with Gasteiger partial charge in [-0.2, -0.15) is 0 Å². The zero-order valence-corrected chi connectivity index (χ0v) is 16.4. The van der Waals surface area contributed by atoms with Gasteiger partial charge in [-0.25, -0.2) is 0 Å². The van der Waals surface area contributed by atoms with E-state index in [1.54, 1.807) is 17.5 Å². The molecule has 0 fully saturated rings. The fourth-order valence-corrected chi connectivity index (χ4v) is 4.45. The van der Waals surface area contributed by atoms with Gasteiger partial charge in [0.25, 0.3) is 0 Å². The summed E-state index contributed by atoms with van der Waals surface area (Å²) in [5.74, 6) is 1.01. The lowest BCUT2D eigenvalue weighted by Gasteiger charge is -2.27. The van der Waals surface area contributed by atoms with Crippen molar-refractivity contribution in [2.75, 3.05) is 0 Å². The van der Waals surface area contributed by atoms with Gasteiger partial charge in [-0.05, 0) is 35.2 Å². The first-order valence-electron chi connectivity index (χ1n) is 9.42. The van der Waals surface area contributed by atoms with Crippen molar-refractivity contribution in [3.63, 3.8) is 0 Å². The van der Waals surface area contributed by atoms with Crippen molar-refractivity contribution in [1.29, 1.82) is 0 Å². The second kappa shape index (κ2) is 7.53. The van der Waals surface area contributed by atoms with Crippen LogP contribution in [-0.4, -0.2) is 10.9 Å². The summed E-state index contributed by atoms with van der Waals surface area (Å²) in [5, 5.41) is 5.15. The summed E-state index contributed by atoms with van der Waals surface area (Å²) in [6.45, 7) is 0.418. The van der Waals surface area contributed by atoms with Crippen LogP contribution in [0.4, 0.5) is 0 Å². The molecule has 3 heterocycles. The molecule has 5 rings (SSSR count). The van der Waals surface area contributed by atoms with Crippen LogP contribution in [0.1, 0.15) is 22.6 Å². The molecule has 0 atom stereocenters. The Balaban J connectivity index is 1.44. The van der Waals surface area contributed by atoms with Gasteiger partial charge in [0.2, 0.25) is 5.91 Å². The minimum Gasteiger partial charge on any atom is -0.457 e. The molecule has 5 heteroatoms. The van der Waals surface area contributed by atoms with Crippen molar-refractivity contribution >= 4 is 17.2 Å². The summed E-state index contributed by atoms with van der Waals surface area (Å²) >= 11 is 1.64. The van der Waals surface area contributed by atoms with Gasteiger partial charge in [-0.1, -0.05) is 48.5 Å². The maximum Gasteiger partial charge on any atom is 0.232 e. The highest BCUT2D eigenvalue weighted by molar-refractivity contribution is 7.13. The molecule has 1 N–H and O–H groups in total. The normalized spacial score (nSPS) is 12.6. The summed E-state index contributed by atoms with van der Waals surface area (Å²) in [4.78, 5) is 18.9. The van der Waals surface area contributed by atoms with Crippen LogP contribution in [-0.2, 0) is 11.3 Å². The van der Waals surface area contributed by atoms with Crippen molar-refractivity contribution in [3.8, 4) is 22.1 Å². The Bertz CT molecular complexity index is 1130. The van der Waals surface area contributed by atoms with Gasteiger partial charge in [0.05, 0.1) is 16.5 Å². The average molecular weight is 398 g/mol. The third-order valence-corrected chi connectivity index (χ3v) is 5.92. The van der Waals surface area contributed by atoms with Gasteiger partial charge in [0.1, 0.15) is 11.5 Å². The van der Waals surface area contributed by atoms with Crippen molar-refractivity contribution in [3.05, 3.63) is 101 Å². The summed E-state index contributed by atoms with van der Waals surface area (Å²) in [6.07, 6.45) is 1.78. The Kier molecular flexibility index (Phi) is 4.58. The Morgan fingerprint density at radius 3 is 2.34 bits per heavy atom. The monoisotopic (exact) mass is 398 g/mol. The fraction of sp³-hybridized carbons (Fsp3) is 0.0833. The quantitative estimate of drug-likeness (QED) is 0.503. The third kappa shape index (κ3) is 3.30. The molecule has 142 valence electrons. The molecule has 0 saturated carbocycles. The number of aromatic nitrogens is 1. The number of rotatable bonds is 4. The molecule has 0 aliphatic carbocycles. The van der Waals surface area contributed by atoms with Crippen molar-refractivity contribution in [2.45, 2.75) is 12.5 Å². The van der Waals surface area contributed by atoms with Gasteiger partial charge < -0.3 is 10.1 Å². The van der Waals surface area contributed by atoms with E-state index in [1.165, 1.54) is 0 Å². The maximum absolute atomic E-state index is 13.3. The fourth-order valence-electron chi connectivity index (χ4n) is 3.69. The number of amides is 1. The molecule has 0 spiro atoms. The highest BCUT2D eigenvalue weighted by Crippen LogP contribution is 2.43. The molecular weight excluding hydrogens is 380 g/mol. The lowest BCUT2D eigenvalue weighted by atomic mass is 9.87. The Morgan fingerprint density at radius 1 is 0.931 bits per heavy atom. The molecule has 2 aromatic carbocycles. The van der Waals surface area contributed by atoms with Crippen molar-refractivity contribution < 1.29 is 9.53 Å². The second-order valence-electron chi connectivity index (χ2n) is 6.82. The van der Waals surface area contributed by atoms with Gasteiger partial charge in [-0.15, -0.1) is 11.3 Å². The number of thiophene rings is 1. The Hall–Kier alpha value is -3.44. The molecule has 0 saturated heterocycles. The third-order valence-electron chi connectivity index (χ3n) is 5.04. The van der Waals surface area contributed by atoms with E-state index in [1.807, 2.05) is 78.2 Å². The number of hydrogen-bond acceptors (Lipinski definition) is 4. The highest BCUT2D eigenvalue weighted by atomic mass is 32.1. The SMILES string of the molecule is O=C(NCc1cccnc1-c1cccs1)C1c2ccccc2Oc2ccccc21. The van der Waals surface area contributed by atoms with Crippen LogP contribution in [0.2, 0.25) is 0 Å². The zero-order chi connectivity index (χ0) is 19.6. The topological polar surface area (TPSA) is 51.2 Å². The number of hydrogen-bond donors (Lipinski definition) is 1. The number of carbonyl (C=O) groups is 1. The van der Waals surface area contributed by atoms with Crippen molar-refractivity contribution in [1.82, 2.24) is 10.3 Å². The van der Waals surface area contributed by atoms with E-state index in [0.29, 0.717) is 6.54 Å². The van der Waals surface area contributed by atoms with E-state index in [9.17, 15) is 4.79 Å². The molecule has 1 aliphatic rings. The van der Waals surface area contributed by atoms with Crippen LogP contribution in [0, 0.1) is 0 Å². The number of benzene rings is 2. The number of nitrogens with one attached hydrogen (secondary N) is 1. The summed E-state index contributed by atoms with van der Waals surface area (Å²) in [6, 6.07) is 23.4. The first-order chi connectivity index (χ1) is 14.3. The van der Waals surface area contributed by atoms with E-state index >= 15 is 0 Å². The maximum atomic E-state index is 13.3. The Morgan fingerprint density at radius 2 is 1.66 bits per heavy atom. The van der Waals surface area contributed by atoms with Crippen LogP contribution in [0.15, 0.2) is 84.4 Å². The van der Waals surface area contributed by atoms with Gasteiger partial charge in [0, 0.05) is 23.9 Å². The second-order valence-corrected chi connectivity index (χ2v) is 7.76. The number of carbonyl (C=O) groups excluding carboxylic acids is 1. The van der Waals surface area contributed by atoms with Gasteiger partial charge in [-0.3, -0.25) is 9.78 Å². The van der Waals surface area contributed by atoms with E-state index in [2.05, 4.69) is 10.3 Å². The molecule has 1 amide bonds. The smallest absolute Gasteiger partial charge is 0.232 e. The largest absolute Gasteiger partial charge is 0.457 e. The number of pyridine rings is 1. The molecule has 4 aromatic rings. The van der Waals surface area contributed by atoms with E-state index in [0.717, 1.165) is 38.8 Å². The Labute approximate surface area is 172 Å². The van der Waals surface area contributed by atoms with Crippen LogP contribution in [0.3, 0.4) is 0 Å². The minimum atomic E-state index is -0.405. The van der Waals surface area contributed by atoms with Crippen LogP contribution < -0.4 is 10.1 Å². The summed E-state index contributed by atoms with van der Waals surface area (Å²) in [7, 11) is 0. The minimum absolute atomic E-state index is 0.0471. The molecule has 29 heavy (non-hydrogen) atoms. The number of fused-ring (bicyclic) bond motifs is 2. The van der Waals surface area contributed by atoms with Crippen molar-refractivity contribution in [2.24, 2.45) is 0 Å². The predicted octanol–water partition coefficient (Wildman–Crippen LogP) is 5.36. The molecule has 0 radical (unpaired) electrons. The van der Waals surface area contributed by atoms with Gasteiger partial charge in [0.15, 0.2) is 0 Å². The lowest BCUT2D eigenvalue weighted by Crippen LogP contribution is -2.31. The highest BCUT2D eigenvalue weighted by Gasteiger charge is 2.32. The van der Waals surface area contributed by atoms with Crippen LogP contribution >= 0.6 is 11.3 Å². The predicted molar refractivity (Wildman–Crippen MR) is 114 cm³/mol. The van der Waals surface area contributed by atoms with Crippen LogP contribution in [0.25, 0.3) is 10.6 Å². The van der Waals surface area contributed by atoms with Crippen LogP contribution in [0.5, 0.6) is 11.5 Å². The molecule has 2 aromatic heterocycles. The van der Waals surface area contributed by atoms with Gasteiger partial charge >= 0.3 is 0 Å². The number of ether oxygens (including phenoxy) is 1. The molecule has 4 nitrogen and oxygen atoms in total.